The zero-order valence-electron chi connectivity index (χ0n) is 13.3. The topological polar surface area (TPSA) is 91.7 Å². The van der Waals surface area contributed by atoms with Gasteiger partial charge in [-0.3, -0.25) is 14.5 Å². The number of imide groups is 1. The predicted molar refractivity (Wildman–Crippen MR) is 87.2 cm³/mol. The number of hydrogen-bond donors (Lipinski definition) is 2. The first-order chi connectivity index (χ1) is 11.4. The van der Waals surface area contributed by atoms with Gasteiger partial charge in [0.05, 0.1) is 6.54 Å². The molecule has 2 aromatic heterocycles. The van der Waals surface area contributed by atoms with Gasteiger partial charge in [-0.2, -0.15) is 0 Å². The Hall–Kier alpha value is -2.61. The third-order valence-corrected chi connectivity index (χ3v) is 4.73. The third-order valence-electron chi connectivity index (χ3n) is 3.85. The van der Waals surface area contributed by atoms with Crippen molar-refractivity contribution in [1.82, 2.24) is 15.5 Å². The van der Waals surface area contributed by atoms with Crippen molar-refractivity contribution in [3.8, 4) is 0 Å². The fourth-order valence-corrected chi connectivity index (χ4v) is 3.15. The van der Waals surface area contributed by atoms with Crippen molar-refractivity contribution >= 4 is 29.2 Å². The standard InChI is InChI=1S/C16H17N3O4S/c1-10-5-6-12(23-10)16(2)14(21)19(15(22)18-16)9-13(20)17-8-11-4-3-7-24-11/h3-7H,8-9H2,1-2H3,(H,17,20)(H,18,22)/t16-/m0/s1. The van der Waals surface area contributed by atoms with Crippen molar-refractivity contribution in [1.29, 1.82) is 0 Å². The van der Waals surface area contributed by atoms with Crippen LogP contribution in [0, 0.1) is 6.92 Å². The molecule has 1 aliphatic heterocycles. The maximum atomic E-state index is 12.6. The number of hydrogen-bond acceptors (Lipinski definition) is 5. The molecule has 0 aliphatic carbocycles. The van der Waals surface area contributed by atoms with Crippen molar-refractivity contribution in [2.45, 2.75) is 25.9 Å². The third kappa shape index (κ3) is 2.92. The van der Waals surface area contributed by atoms with Crippen LogP contribution < -0.4 is 10.6 Å². The van der Waals surface area contributed by atoms with E-state index in [2.05, 4.69) is 10.6 Å². The molecule has 0 bridgehead atoms. The molecule has 8 heteroatoms. The van der Waals surface area contributed by atoms with Crippen molar-refractivity contribution < 1.29 is 18.8 Å². The van der Waals surface area contributed by atoms with Crippen LogP contribution in [0.5, 0.6) is 0 Å². The van der Waals surface area contributed by atoms with Gasteiger partial charge in [0.2, 0.25) is 5.91 Å². The van der Waals surface area contributed by atoms with Crippen LogP contribution in [0.1, 0.15) is 23.3 Å². The van der Waals surface area contributed by atoms with E-state index in [0.29, 0.717) is 18.1 Å². The highest BCUT2D eigenvalue weighted by molar-refractivity contribution is 7.09. The number of thiophene rings is 1. The molecule has 1 saturated heterocycles. The Balaban J connectivity index is 1.67. The molecule has 3 rings (SSSR count). The zero-order chi connectivity index (χ0) is 17.3. The van der Waals surface area contributed by atoms with Gasteiger partial charge < -0.3 is 15.1 Å². The van der Waals surface area contributed by atoms with Crippen LogP contribution in [0.25, 0.3) is 0 Å². The molecule has 24 heavy (non-hydrogen) atoms. The molecule has 7 nitrogen and oxygen atoms in total. The molecule has 126 valence electrons. The van der Waals surface area contributed by atoms with E-state index < -0.39 is 23.4 Å². The highest BCUT2D eigenvalue weighted by atomic mass is 32.1. The van der Waals surface area contributed by atoms with E-state index in [1.165, 1.54) is 11.3 Å². The monoisotopic (exact) mass is 347 g/mol. The summed E-state index contributed by atoms with van der Waals surface area (Å²) in [5.41, 5.74) is -1.29. The second kappa shape index (κ2) is 6.12. The Kier molecular flexibility index (Phi) is 4.15. The van der Waals surface area contributed by atoms with Crippen LogP contribution in [0.3, 0.4) is 0 Å². The summed E-state index contributed by atoms with van der Waals surface area (Å²) in [7, 11) is 0. The SMILES string of the molecule is Cc1ccc([C@]2(C)NC(=O)N(CC(=O)NCc3cccs3)C2=O)o1. The maximum absolute atomic E-state index is 12.6. The average molecular weight is 347 g/mol. The minimum absolute atomic E-state index is 0.328. The quantitative estimate of drug-likeness (QED) is 0.806. The van der Waals surface area contributed by atoms with Crippen molar-refractivity contribution in [3.63, 3.8) is 0 Å². The van der Waals surface area contributed by atoms with Gasteiger partial charge in [0.15, 0.2) is 5.54 Å². The summed E-state index contributed by atoms with van der Waals surface area (Å²) in [4.78, 5) is 38.7. The lowest BCUT2D eigenvalue weighted by Gasteiger charge is -2.19. The van der Waals surface area contributed by atoms with E-state index in [0.717, 1.165) is 9.78 Å². The molecule has 0 saturated carbocycles. The Bertz CT molecular complexity index is 783. The number of furan rings is 1. The minimum atomic E-state index is -1.29. The first-order valence-corrected chi connectivity index (χ1v) is 8.28. The van der Waals surface area contributed by atoms with E-state index in [1.807, 2.05) is 17.5 Å². The second-order valence-corrected chi connectivity index (χ2v) is 6.75. The van der Waals surface area contributed by atoms with E-state index >= 15 is 0 Å². The molecule has 0 aromatic carbocycles. The fraction of sp³-hybridized carbons (Fsp3) is 0.312. The summed E-state index contributed by atoms with van der Waals surface area (Å²) in [5, 5.41) is 7.21. The van der Waals surface area contributed by atoms with Gasteiger partial charge in [-0.05, 0) is 37.4 Å². The molecule has 2 N–H and O–H groups in total. The summed E-state index contributed by atoms with van der Waals surface area (Å²) < 4.78 is 5.48. The number of nitrogens with zero attached hydrogens (tertiary/aromatic N) is 1. The van der Waals surface area contributed by atoms with E-state index in [1.54, 1.807) is 26.0 Å². The average Bonchev–Trinajstić information content (AvgIpc) is 3.24. The Labute approximate surface area is 142 Å². The highest BCUT2D eigenvalue weighted by Crippen LogP contribution is 2.29. The normalized spacial score (nSPS) is 20.3. The maximum Gasteiger partial charge on any atom is 0.325 e. The van der Waals surface area contributed by atoms with Crippen LogP contribution in [0.4, 0.5) is 4.79 Å². The molecule has 1 fully saturated rings. The van der Waals surface area contributed by atoms with Crippen LogP contribution in [-0.4, -0.2) is 29.3 Å². The number of nitrogens with one attached hydrogen (secondary N) is 2. The molecule has 1 atom stereocenters. The molecule has 3 heterocycles. The zero-order valence-corrected chi connectivity index (χ0v) is 14.1. The van der Waals surface area contributed by atoms with Crippen molar-refractivity contribution in [2.24, 2.45) is 0 Å². The van der Waals surface area contributed by atoms with Crippen LogP contribution >= 0.6 is 11.3 Å². The molecule has 1 aliphatic rings. The Morgan fingerprint density at radius 3 is 2.79 bits per heavy atom. The van der Waals surface area contributed by atoms with Gasteiger partial charge in [0.1, 0.15) is 18.1 Å². The van der Waals surface area contributed by atoms with Crippen LogP contribution in [0.2, 0.25) is 0 Å². The number of rotatable bonds is 5. The molecule has 2 aromatic rings. The van der Waals surface area contributed by atoms with Crippen molar-refractivity contribution in [2.75, 3.05) is 6.54 Å². The molecular formula is C16H17N3O4S. The predicted octanol–water partition coefficient (Wildman–Crippen LogP) is 1.73. The smallest absolute Gasteiger partial charge is 0.325 e. The van der Waals surface area contributed by atoms with Gasteiger partial charge in [0, 0.05) is 4.88 Å². The summed E-state index contributed by atoms with van der Waals surface area (Å²) in [6.07, 6.45) is 0. The molecular weight excluding hydrogens is 330 g/mol. The lowest BCUT2D eigenvalue weighted by molar-refractivity contribution is -0.135. The first-order valence-electron chi connectivity index (χ1n) is 7.40. The lowest BCUT2D eigenvalue weighted by atomic mass is 9.99. The van der Waals surface area contributed by atoms with Crippen molar-refractivity contribution in [3.05, 3.63) is 46.0 Å². The van der Waals surface area contributed by atoms with Gasteiger partial charge >= 0.3 is 6.03 Å². The number of aryl methyl sites for hydroxylation is 1. The summed E-state index contributed by atoms with van der Waals surface area (Å²) >= 11 is 1.52. The first kappa shape index (κ1) is 16.3. The fourth-order valence-electron chi connectivity index (χ4n) is 2.51. The number of urea groups is 1. The molecule has 0 radical (unpaired) electrons. The van der Waals surface area contributed by atoms with Gasteiger partial charge in [-0.1, -0.05) is 6.07 Å². The van der Waals surface area contributed by atoms with E-state index in [-0.39, 0.29) is 6.54 Å². The minimum Gasteiger partial charge on any atom is -0.463 e. The largest absolute Gasteiger partial charge is 0.463 e. The summed E-state index contributed by atoms with van der Waals surface area (Å²) in [6, 6.07) is 6.54. The van der Waals surface area contributed by atoms with Crippen LogP contribution in [0.15, 0.2) is 34.1 Å². The molecule has 4 amide bonds. The molecule has 0 spiro atoms. The number of carbonyl (C=O) groups excluding carboxylic acids is 3. The summed E-state index contributed by atoms with van der Waals surface area (Å²) in [5.74, 6) is 0.0835. The Morgan fingerprint density at radius 1 is 1.38 bits per heavy atom. The Morgan fingerprint density at radius 2 is 2.17 bits per heavy atom. The van der Waals surface area contributed by atoms with Gasteiger partial charge in [-0.15, -0.1) is 11.3 Å². The summed E-state index contributed by atoms with van der Waals surface area (Å²) in [6.45, 7) is 3.36. The van der Waals surface area contributed by atoms with Gasteiger partial charge in [-0.25, -0.2) is 4.79 Å². The number of carbonyl (C=O) groups is 3. The lowest BCUT2D eigenvalue weighted by Crippen LogP contribution is -2.43. The van der Waals surface area contributed by atoms with E-state index in [4.69, 9.17) is 4.42 Å². The molecule has 0 unspecified atom stereocenters. The van der Waals surface area contributed by atoms with Crippen LogP contribution in [-0.2, 0) is 21.7 Å². The van der Waals surface area contributed by atoms with Gasteiger partial charge in [0.25, 0.3) is 5.91 Å². The number of amides is 4. The highest BCUT2D eigenvalue weighted by Gasteiger charge is 2.51. The van der Waals surface area contributed by atoms with E-state index in [9.17, 15) is 14.4 Å². The second-order valence-electron chi connectivity index (χ2n) is 5.71.